The monoisotopic (exact) mass is 176 g/mol. The van der Waals surface area contributed by atoms with E-state index in [-0.39, 0.29) is 0 Å². The number of hydrogen-bond donors (Lipinski definition) is 0. The average molecular weight is 176 g/mol. The molecule has 0 saturated carbocycles. The van der Waals surface area contributed by atoms with Crippen LogP contribution in [0.1, 0.15) is 6.92 Å². The molecule has 1 unspecified atom stereocenters. The summed E-state index contributed by atoms with van der Waals surface area (Å²) in [6.07, 6.45) is 0.324. The first-order chi connectivity index (χ1) is 5.63. The molecule has 0 heterocycles. The molecule has 74 valence electrons. The summed E-state index contributed by atoms with van der Waals surface area (Å²) in [5, 5.41) is 0. The van der Waals surface area contributed by atoms with E-state index in [1.165, 1.54) is 0 Å². The number of methoxy groups -OCH3 is 2. The van der Waals surface area contributed by atoms with Crippen molar-refractivity contribution in [2.45, 2.75) is 13.1 Å². The Morgan fingerprint density at radius 3 is 1.75 bits per heavy atom. The van der Waals surface area contributed by atoms with Gasteiger partial charge >= 0.3 is 0 Å². The molecule has 0 amide bonds. The zero-order chi connectivity index (χ0) is 9.56. The van der Waals surface area contributed by atoms with E-state index in [2.05, 4.69) is 16.7 Å². The van der Waals surface area contributed by atoms with Crippen LogP contribution in [0.25, 0.3) is 0 Å². The largest absolute Gasteiger partial charge is 0.369 e. The molecular weight excluding hydrogens is 156 g/mol. The van der Waals surface area contributed by atoms with Crippen molar-refractivity contribution in [2.24, 2.45) is 0 Å². The number of ether oxygens (including phenoxy) is 2. The van der Waals surface area contributed by atoms with Crippen LogP contribution in [0.5, 0.6) is 0 Å². The van der Waals surface area contributed by atoms with Gasteiger partial charge in [0.15, 0.2) is 0 Å². The zero-order valence-electron chi connectivity index (χ0n) is 8.70. The molecule has 0 N–H and O–H groups in total. The van der Waals surface area contributed by atoms with Crippen LogP contribution in [0.15, 0.2) is 0 Å². The highest BCUT2D eigenvalue weighted by atomic mass is 16.5. The van der Waals surface area contributed by atoms with E-state index in [1.54, 1.807) is 14.2 Å². The fourth-order valence-corrected chi connectivity index (χ4v) is 0.911. The molecule has 0 aromatic heterocycles. The Hall–Kier alpha value is -0.160. The van der Waals surface area contributed by atoms with Crippen molar-refractivity contribution in [1.82, 2.24) is 9.80 Å². The van der Waals surface area contributed by atoms with Gasteiger partial charge in [0.1, 0.15) is 13.5 Å². The zero-order valence-corrected chi connectivity index (χ0v) is 8.70. The fraction of sp³-hybridized carbons (Fsp3) is 1.00. The Bertz CT molecular complexity index is 103. The van der Waals surface area contributed by atoms with Gasteiger partial charge in [-0.25, -0.2) is 4.90 Å². The second-order valence-corrected chi connectivity index (χ2v) is 3.02. The normalized spacial score (nSPS) is 14.2. The molecule has 0 aromatic carbocycles. The van der Waals surface area contributed by atoms with Gasteiger partial charge in [-0.05, 0) is 21.0 Å². The molecule has 1 atom stereocenters. The van der Waals surface area contributed by atoms with Gasteiger partial charge in [-0.3, -0.25) is 4.90 Å². The van der Waals surface area contributed by atoms with Crippen molar-refractivity contribution in [2.75, 3.05) is 41.8 Å². The van der Waals surface area contributed by atoms with Gasteiger partial charge in [0.25, 0.3) is 0 Å². The van der Waals surface area contributed by atoms with Crippen LogP contribution in [0.3, 0.4) is 0 Å². The van der Waals surface area contributed by atoms with E-state index in [0.29, 0.717) is 19.6 Å². The minimum absolute atomic E-state index is 0.324. The molecule has 0 radical (unpaired) electrons. The molecule has 0 aliphatic carbocycles. The molecule has 4 heteroatoms. The first-order valence-corrected chi connectivity index (χ1v) is 4.01. The number of hydrogen-bond acceptors (Lipinski definition) is 4. The third-order valence-corrected chi connectivity index (χ3v) is 1.87. The highest BCUT2D eigenvalue weighted by molar-refractivity contribution is 4.57. The lowest BCUT2D eigenvalue weighted by Crippen LogP contribution is -2.44. The lowest BCUT2D eigenvalue weighted by molar-refractivity contribution is -0.0676. The minimum atomic E-state index is 0.324. The number of nitrogens with zero attached hydrogens (tertiary/aromatic N) is 2. The van der Waals surface area contributed by atoms with E-state index in [4.69, 9.17) is 9.47 Å². The molecule has 0 aromatic rings. The molecule has 0 aliphatic heterocycles. The molecule has 0 spiro atoms. The molecule has 4 nitrogen and oxygen atoms in total. The van der Waals surface area contributed by atoms with Gasteiger partial charge in [-0.15, -0.1) is 0 Å². The van der Waals surface area contributed by atoms with Crippen molar-refractivity contribution in [1.29, 1.82) is 0 Å². The Morgan fingerprint density at radius 1 is 1.08 bits per heavy atom. The van der Waals surface area contributed by atoms with Crippen LogP contribution in [-0.4, -0.2) is 57.7 Å². The molecule has 0 saturated heterocycles. The van der Waals surface area contributed by atoms with Gasteiger partial charge in [0.2, 0.25) is 0 Å². The fourth-order valence-electron chi connectivity index (χ4n) is 0.911. The quantitative estimate of drug-likeness (QED) is 0.547. The van der Waals surface area contributed by atoms with Crippen molar-refractivity contribution < 1.29 is 9.47 Å². The van der Waals surface area contributed by atoms with E-state index in [1.807, 2.05) is 14.1 Å². The van der Waals surface area contributed by atoms with Crippen molar-refractivity contribution in [3.63, 3.8) is 0 Å². The SMILES string of the molecule is COCN(COC)C(C)N(C)C. The summed E-state index contributed by atoms with van der Waals surface area (Å²) in [6.45, 7) is 3.29. The first-order valence-electron chi connectivity index (χ1n) is 4.01. The highest BCUT2D eigenvalue weighted by Crippen LogP contribution is 2.00. The van der Waals surface area contributed by atoms with Crippen LogP contribution in [-0.2, 0) is 9.47 Å². The van der Waals surface area contributed by atoms with Crippen LogP contribution in [0, 0.1) is 0 Å². The predicted octanol–water partition coefficient (Wildman–Crippen LogP) is 0.404. The van der Waals surface area contributed by atoms with Crippen molar-refractivity contribution >= 4 is 0 Å². The summed E-state index contributed by atoms with van der Waals surface area (Å²) in [6, 6.07) is 0. The van der Waals surface area contributed by atoms with Crippen LogP contribution in [0.2, 0.25) is 0 Å². The lowest BCUT2D eigenvalue weighted by atomic mass is 10.5. The standard InChI is InChI=1S/C8H20N2O2/c1-8(9(2)3)10(6-11-4)7-12-5/h8H,6-7H2,1-5H3. The van der Waals surface area contributed by atoms with Crippen LogP contribution >= 0.6 is 0 Å². The summed E-state index contributed by atoms with van der Waals surface area (Å²) in [5.74, 6) is 0. The lowest BCUT2D eigenvalue weighted by Gasteiger charge is -2.31. The van der Waals surface area contributed by atoms with E-state index in [0.717, 1.165) is 0 Å². The number of rotatable bonds is 6. The Balaban J connectivity index is 3.89. The van der Waals surface area contributed by atoms with E-state index >= 15 is 0 Å². The molecule has 0 rings (SSSR count). The predicted molar refractivity (Wildman–Crippen MR) is 48.7 cm³/mol. The first kappa shape index (κ1) is 11.8. The van der Waals surface area contributed by atoms with Gasteiger partial charge in [-0.2, -0.15) is 0 Å². The van der Waals surface area contributed by atoms with Gasteiger partial charge in [0, 0.05) is 14.2 Å². The third kappa shape index (κ3) is 4.01. The van der Waals surface area contributed by atoms with E-state index in [9.17, 15) is 0 Å². The summed E-state index contributed by atoms with van der Waals surface area (Å²) in [4.78, 5) is 4.19. The molecular formula is C8H20N2O2. The van der Waals surface area contributed by atoms with E-state index < -0.39 is 0 Å². The summed E-state index contributed by atoms with van der Waals surface area (Å²) in [7, 11) is 7.43. The Kier molecular flexibility index (Phi) is 6.28. The minimum Gasteiger partial charge on any atom is -0.369 e. The highest BCUT2D eigenvalue weighted by Gasteiger charge is 2.14. The third-order valence-electron chi connectivity index (χ3n) is 1.87. The maximum atomic E-state index is 5.05. The van der Waals surface area contributed by atoms with Crippen LogP contribution < -0.4 is 0 Å². The molecule has 0 bridgehead atoms. The maximum absolute atomic E-state index is 5.05. The Morgan fingerprint density at radius 2 is 1.50 bits per heavy atom. The summed E-state index contributed by atoms with van der Waals surface area (Å²) >= 11 is 0. The van der Waals surface area contributed by atoms with Crippen LogP contribution in [0.4, 0.5) is 0 Å². The Labute approximate surface area is 75.0 Å². The summed E-state index contributed by atoms with van der Waals surface area (Å²) < 4.78 is 10.1. The maximum Gasteiger partial charge on any atom is 0.102 e. The second kappa shape index (κ2) is 6.37. The smallest absolute Gasteiger partial charge is 0.102 e. The van der Waals surface area contributed by atoms with Gasteiger partial charge in [0.05, 0.1) is 6.17 Å². The average Bonchev–Trinajstić information content (AvgIpc) is 2.03. The van der Waals surface area contributed by atoms with Crippen molar-refractivity contribution in [3.8, 4) is 0 Å². The molecule has 12 heavy (non-hydrogen) atoms. The molecule has 0 fully saturated rings. The topological polar surface area (TPSA) is 24.9 Å². The van der Waals surface area contributed by atoms with Gasteiger partial charge < -0.3 is 9.47 Å². The van der Waals surface area contributed by atoms with Crippen molar-refractivity contribution in [3.05, 3.63) is 0 Å². The molecule has 0 aliphatic rings. The second-order valence-electron chi connectivity index (χ2n) is 3.02. The van der Waals surface area contributed by atoms with Gasteiger partial charge in [-0.1, -0.05) is 0 Å². The summed E-state index contributed by atoms with van der Waals surface area (Å²) in [5.41, 5.74) is 0.